The normalized spacial score (nSPS) is 26.2. The van der Waals surface area contributed by atoms with Gasteiger partial charge in [0.25, 0.3) is 0 Å². The Morgan fingerprint density at radius 1 is 1.15 bits per heavy atom. The highest BCUT2D eigenvalue weighted by molar-refractivity contribution is 5.78. The molecule has 2 N–H and O–H groups in total. The summed E-state index contributed by atoms with van der Waals surface area (Å²) in [6.45, 7) is 9.69. The van der Waals surface area contributed by atoms with Crippen molar-refractivity contribution in [3.63, 3.8) is 0 Å². The first-order valence-corrected chi connectivity index (χ1v) is 10.2. The summed E-state index contributed by atoms with van der Waals surface area (Å²) in [4.78, 5) is 12.0. The third kappa shape index (κ3) is 5.21. The molecule has 0 saturated carbocycles. The lowest BCUT2D eigenvalue weighted by atomic mass is 10.0. The van der Waals surface area contributed by atoms with Crippen LogP contribution in [-0.4, -0.2) is 73.5 Å². The van der Waals surface area contributed by atoms with E-state index >= 15 is 0 Å². The molecule has 0 aliphatic carbocycles. The van der Waals surface area contributed by atoms with E-state index in [-0.39, 0.29) is 0 Å². The van der Waals surface area contributed by atoms with Crippen LogP contribution in [0.3, 0.4) is 0 Å². The maximum absolute atomic E-state index is 6.22. The summed E-state index contributed by atoms with van der Waals surface area (Å²) >= 11 is 0. The summed E-state index contributed by atoms with van der Waals surface area (Å²) in [5.74, 6) is 1.48. The fourth-order valence-electron chi connectivity index (χ4n) is 4.18. The molecule has 5 heteroatoms. The van der Waals surface area contributed by atoms with E-state index in [2.05, 4.69) is 64.0 Å². The molecule has 2 saturated heterocycles. The van der Waals surface area contributed by atoms with Gasteiger partial charge in [0.05, 0.1) is 0 Å². The smallest absolute Gasteiger partial charge is 0.191 e. The van der Waals surface area contributed by atoms with E-state index in [1.165, 1.54) is 18.4 Å². The van der Waals surface area contributed by atoms with Gasteiger partial charge in [0.2, 0.25) is 0 Å². The van der Waals surface area contributed by atoms with Crippen LogP contribution in [0.5, 0.6) is 0 Å². The van der Waals surface area contributed by atoms with Crippen LogP contribution in [-0.2, 0) is 0 Å². The summed E-state index contributed by atoms with van der Waals surface area (Å²) in [7, 11) is 2.22. The van der Waals surface area contributed by atoms with E-state index in [1.54, 1.807) is 0 Å². The van der Waals surface area contributed by atoms with Crippen molar-refractivity contribution >= 4 is 5.96 Å². The van der Waals surface area contributed by atoms with Gasteiger partial charge in [0.15, 0.2) is 5.96 Å². The van der Waals surface area contributed by atoms with Crippen LogP contribution in [0.2, 0.25) is 0 Å². The summed E-state index contributed by atoms with van der Waals surface area (Å²) in [6, 6.07) is 11.4. The molecule has 144 valence electrons. The second-order valence-corrected chi connectivity index (χ2v) is 8.01. The molecule has 2 aliphatic rings. The van der Waals surface area contributed by atoms with Gasteiger partial charge in [-0.2, -0.15) is 0 Å². The highest BCUT2D eigenvalue weighted by Gasteiger charge is 2.26. The number of likely N-dealkylation sites (tertiary alicyclic amines) is 1. The Labute approximate surface area is 158 Å². The van der Waals surface area contributed by atoms with Gasteiger partial charge >= 0.3 is 0 Å². The molecular formula is C21H35N5. The lowest BCUT2D eigenvalue weighted by Gasteiger charge is -2.40. The minimum Gasteiger partial charge on any atom is -0.370 e. The summed E-state index contributed by atoms with van der Waals surface area (Å²) in [5.41, 5.74) is 7.64. The van der Waals surface area contributed by atoms with Gasteiger partial charge in [0.1, 0.15) is 0 Å². The van der Waals surface area contributed by atoms with Gasteiger partial charge in [-0.05, 0) is 37.8 Å². The van der Waals surface area contributed by atoms with E-state index in [1.807, 2.05) is 0 Å². The zero-order valence-corrected chi connectivity index (χ0v) is 16.5. The van der Waals surface area contributed by atoms with Gasteiger partial charge in [-0.3, -0.25) is 9.89 Å². The molecule has 2 fully saturated rings. The maximum Gasteiger partial charge on any atom is 0.191 e. The van der Waals surface area contributed by atoms with E-state index in [0.717, 1.165) is 64.1 Å². The average molecular weight is 358 g/mol. The number of nitrogens with zero attached hydrogens (tertiary/aromatic N) is 4. The molecule has 1 aromatic rings. The number of rotatable bonds is 5. The summed E-state index contributed by atoms with van der Waals surface area (Å²) in [5, 5.41) is 0. The molecule has 0 amide bonds. The highest BCUT2D eigenvalue weighted by Crippen LogP contribution is 2.24. The number of nitrogens with two attached hydrogens (primary N) is 1. The van der Waals surface area contributed by atoms with Crippen LogP contribution in [0.25, 0.3) is 0 Å². The van der Waals surface area contributed by atoms with E-state index < -0.39 is 0 Å². The molecule has 1 aromatic carbocycles. The zero-order valence-electron chi connectivity index (χ0n) is 16.5. The predicted molar refractivity (Wildman–Crippen MR) is 109 cm³/mol. The fraction of sp³-hybridized carbons (Fsp3) is 0.667. The first-order valence-electron chi connectivity index (χ1n) is 10.2. The molecule has 0 bridgehead atoms. The number of hydrogen-bond acceptors (Lipinski definition) is 3. The monoisotopic (exact) mass is 357 g/mol. The Morgan fingerprint density at radius 2 is 1.96 bits per heavy atom. The van der Waals surface area contributed by atoms with Crippen molar-refractivity contribution in [3.8, 4) is 0 Å². The molecule has 3 rings (SSSR count). The molecular weight excluding hydrogens is 322 g/mol. The van der Waals surface area contributed by atoms with Crippen molar-refractivity contribution < 1.29 is 0 Å². The maximum atomic E-state index is 6.22. The first-order chi connectivity index (χ1) is 12.6. The van der Waals surface area contributed by atoms with Gasteiger partial charge < -0.3 is 15.5 Å². The van der Waals surface area contributed by atoms with E-state index in [4.69, 9.17) is 5.73 Å². The number of aliphatic imine (C=N–C) groups is 1. The number of hydrogen-bond donors (Lipinski definition) is 1. The highest BCUT2D eigenvalue weighted by atomic mass is 15.3. The van der Waals surface area contributed by atoms with Gasteiger partial charge in [-0.1, -0.05) is 37.3 Å². The van der Waals surface area contributed by atoms with Crippen LogP contribution in [0, 0.1) is 5.92 Å². The SMILES string of the molecule is CC1CCCN(C(N)=NCCCN2CCN(C)CC2c2ccccc2)C1. The number of piperidine rings is 1. The minimum atomic E-state index is 0.485. The van der Waals surface area contributed by atoms with Gasteiger partial charge in [-0.25, -0.2) is 0 Å². The van der Waals surface area contributed by atoms with Crippen LogP contribution < -0.4 is 5.73 Å². The largest absolute Gasteiger partial charge is 0.370 e. The number of likely N-dealkylation sites (N-methyl/N-ethyl adjacent to an activating group) is 1. The van der Waals surface area contributed by atoms with E-state index in [0.29, 0.717) is 6.04 Å². The topological polar surface area (TPSA) is 48.1 Å². The Bertz CT molecular complexity index is 573. The first kappa shape index (κ1) is 19.2. The Kier molecular flexibility index (Phi) is 6.92. The summed E-state index contributed by atoms with van der Waals surface area (Å²) in [6.07, 6.45) is 3.61. The van der Waals surface area contributed by atoms with Crippen molar-refractivity contribution in [3.05, 3.63) is 35.9 Å². The lowest BCUT2D eigenvalue weighted by molar-refractivity contribution is 0.0894. The van der Waals surface area contributed by atoms with Crippen molar-refractivity contribution in [2.24, 2.45) is 16.6 Å². The zero-order chi connectivity index (χ0) is 18.4. The molecule has 0 radical (unpaired) electrons. The molecule has 2 unspecified atom stereocenters. The van der Waals surface area contributed by atoms with Crippen molar-refractivity contribution in [2.75, 3.05) is 52.9 Å². The second kappa shape index (κ2) is 9.38. The number of benzene rings is 1. The Balaban J connectivity index is 1.50. The fourth-order valence-corrected chi connectivity index (χ4v) is 4.18. The molecule has 2 aliphatic heterocycles. The van der Waals surface area contributed by atoms with Gasteiger partial charge in [0, 0.05) is 51.9 Å². The van der Waals surface area contributed by atoms with Crippen LogP contribution >= 0.6 is 0 Å². The third-order valence-corrected chi connectivity index (χ3v) is 5.74. The molecule has 2 atom stereocenters. The Morgan fingerprint density at radius 3 is 2.73 bits per heavy atom. The number of piperazine rings is 1. The predicted octanol–water partition coefficient (Wildman–Crippen LogP) is 2.41. The van der Waals surface area contributed by atoms with Crippen LogP contribution in [0.15, 0.2) is 35.3 Å². The average Bonchev–Trinajstić information content (AvgIpc) is 2.66. The molecule has 0 aromatic heterocycles. The molecule has 0 spiro atoms. The molecule has 5 nitrogen and oxygen atoms in total. The van der Waals surface area contributed by atoms with E-state index in [9.17, 15) is 0 Å². The quantitative estimate of drug-likeness (QED) is 0.499. The Hall–Kier alpha value is -1.59. The molecule has 2 heterocycles. The van der Waals surface area contributed by atoms with Crippen molar-refractivity contribution in [1.29, 1.82) is 0 Å². The third-order valence-electron chi connectivity index (χ3n) is 5.74. The van der Waals surface area contributed by atoms with Crippen molar-refractivity contribution in [1.82, 2.24) is 14.7 Å². The number of guanidine groups is 1. The van der Waals surface area contributed by atoms with Gasteiger partial charge in [-0.15, -0.1) is 0 Å². The van der Waals surface area contributed by atoms with Crippen LogP contribution in [0.1, 0.15) is 37.8 Å². The summed E-state index contributed by atoms with van der Waals surface area (Å²) < 4.78 is 0. The van der Waals surface area contributed by atoms with Crippen molar-refractivity contribution in [2.45, 2.75) is 32.2 Å². The standard InChI is InChI=1S/C21H35N5/c1-18-8-6-12-26(16-18)21(22)23-11-7-13-25-15-14-24(2)17-20(25)19-9-4-3-5-10-19/h3-5,9-10,18,20H,6-8,11-17H2,1-2H3,(H2,22,23). The lowest BCUT2D eigenvalue weighted by Crippen LogP contribution is -2.47. The minimum absolute atomic E-state index is 0.485. The second-order valence-electron chi connectivity index (χ2n) is 8.01. The molecule has 26 heavy (non-hydrogen) atoms. The van der Waals surface area contributed by atoms with Crippen LogP contribution in [0.4, 0.5) is 0 Å².